The number of hydrogen-bond acceptors (Lipinski definition) is 4. The van der Waals surface area contributed by atoms with Gasteiger partial charge in [0.2, 0.25) is 0 Å². The van der Waals surface area contributed by atoms with Gasteiger partial charge in [0.05, 0.1) is 11.2 Å². The monoisotopic (exact) mass is 377 g/mol. The SMILES string of the molecule is CN(C(=O)O)C(=O)N1CC2(CCn3nc(-c4cnc5ccccc5c4)cc32)C1. The zero-order valence-corrected chi connectivity index (χ0v) is 15.4. The van der Waals surface area contributed by atoms with E-state index in [-0.39, 0.29) is 5.41 Å². The van der Waals surface area contributed by atoms with E-state index in [1.165, 1.54) is 7.05 Å². The van der Waals surface area contributed by atoms with E-state index in [0.717, 1.165) is 45.7 Å². The van der Waals surface area contributed by atoms with Gasteiger partial charge in [-0.3, -0.25) is 9.67 Å². The number of carbonyl (C=O) groups excluding carboxylic acids is 1. The van der Waals surface area contributed by atoms with Crippen LogP contribution in [0.15, 0.2) is 42.6 Å². The summed E-state index contributed by atoms with van der Waals surface area (Å²) >= 11 is 0. The van der Waals surface area contributed by atoms with Crippen molar-refractivity contribution in [3.05, 3.63) is 48.3 Å². The number of rotatable bonds is 1. The molecule has 0 unspecified atom stereocenters. The van der Waals surface area contributed by atoms with E-state index >= 15 is 0 Å². The van der Waals surface area contributed by atoms with Gasteiger partial charge in [-0.2, -0.15) is 5.10 Å². The summed E-state index contributed by atoms with van der Waals surface area (Å²) in [5.74, 6) is 0. The van der Waals surface area contributed by atoms with Crippen LogP contribution < -0.4 is 0 Å². The first-order chi connectivity index (χ1) is 13.5. The van der Waals surface area contributed by atoms with Crippen LogP contribution in [0.3, 0.4) is 0 Å². The van der Waals surface area contributed by atoms with E-state index in [1.54, 1.807) is 4.90 Å². The van der Waals surface area contributed by atoms with E-state index in [4.69, 9.17) is 10.2 Å². The molecule has 0 bridgehead atoms. The van der Waals surface area contributed by atoms with Gasteiger partial charge in [-0.15, -0.1) is 0 Å². The van der Waals surface area contributed by atoms with Crippen molar-refractivity contribution in [2.45, 2.75) is 18.4 Å². The maximum atomic E-state index is 12.2. The van der Waals surface area contributed by atoms with Crippen LogP contribution in [-0.2, 0) is 12.0 Å². The number of fused-ring (bicyclic) bond motifs is 3. The molecule has 1 fully saturated rings. The fraction of sp³-hybridized carbons (Fsp3) is 0.300. The van der Waals surface area contributed by atoms with Gasteiger partial charge in [-0.25, -0.2) is 14.5 Å². The van der Waals surface area contributed by atoms with Crippen LogP contribution in [0.4, 0.5) is 9.59 Å². The molecule has 142 valence electrons. The number of aromatic nitrogens is 3. The van der Waals surface area contributed by atoms with Crippen molar-refractivity contribution >= 4 is 23.0 Å². The number of urea groups is 1. The maximum Gasteiger partial charge on any atom is 0.415 e. The van der Waals surface area contributed by atoms with E-state index in [0.29, 0.717) is 13.1 Å². The molecule has 2 aliphatic heterocycles. The number of hydrogen-bond donors (Lipinski definition) is 1. The predicted molar refractivity (Wildman–Crippen MR) is 102 cm³/mol. The first-order valence-electron chi connectivity index (χ1n) is 9.16. The molecule has 2 aliphatic rings. The molecule has 2 aromatic heterocycles. The van der Waals surface area contributed by atoms with Gasteiger partial charge >= 0.3 is 12.1 Å². The van der Waals surface area contributed by atoms with Gasteiger partial charge in [0.1, 0.15) is 0 Å². The molecule has 1 N–H and O–H groups in total. The minimum Gasteiger partial charge on any atom is -0.465 e. The van der Waals surface area contributed by atoms with Crippen LogP contribution in [0.25, 0.3) is 22.2 Å². The fourth-order valence-electron chi connectivity index (χ4n) is 4.25. The number of imide groups is 1. The molecule has 1 aromatic carbocycles. The summed E-state index contributed by atoms with van der Waals surface area (Å²) in [6, 6.07) is 11.7. The van der Waals surface area contributed by atoms with Crippen LogP contribution >= 0.6 is 0 Å². The fourth-order valence-corrected chi connectivity index (χ4v) is 4.25. The Balaban J connectivity index is 1.41. The molecule has 0 radical (unpaired) electrons. The summed E-state index contributed by atoms with van der Waals surface area (Å²) in [6.07, 6.45) is 1.51. The minimum atomic E-state index is -1.24. The van der Waals surface area contributed by atoms with Gasteiger partial charge < -0.3 is 10.0 Å². The van der Waals surface area contributed by atoms with Crippen molar-refractivity contribution in [2.24, 2.45) is 0 Å². The molecule has 3 amide bonds. The van der Waals surface area contributed by atoms with Crippen LogP contribution in [0, 0.1) is 0 Å². The third-order valence-corrected chi connectivity index (χ3v) is 5.84. The lowest BCUT2D eigenvalue weighted by Gasteiger charge is -2.48. The second-order valence-electron chi connectivity index (χ2n) is 7.57. The van der Waals surface area contributed by atoms with E-state index in [1.807, 2.05) is 35.1 Å². The van der Waals surface area contributed by atoms with Gasteiger partial charge in [0.25, 0.3) is 0 Å². The Kier molecular flexibility index (Phi) is 3.46. The summed E-state index contributed by atoms with van der Waals surface area (Å²) in [6.45, 7) is 1.84. The van der Waals surface area contributed by atoms with Crippen LogP contribution in [0.2, 0.25) is 0 Å². The average Bonchev–Trinajstić information content (AvgIpc) is 3.24. The number of pyridine rings is 1. The number of aryl methyl sites for hydroxylation is 1. The quantitative estimate of drug-likeness (QED) is 0.704. The van der Waals surface area contributed by atoms with Crippen molar-refractivity contribution in [2.75, 3.05) is 20.1 Å². The molecular weight excluding hydrogens is 358 g/mol. The zero-order valence-electron chi connectivity index (χ0n) is 15.4. The summed E-state index contributed by atoms with van der Waals surface area (Å²) < 4.78 is 2.01. The van der Waals surface area contributed by atoms with Crippen LogP contribution in [0.1, 0.15) is 12.1 Å². The zero-order chi connectivity index (χ0) is 19.5. The molecule has 8 heteroatoms. The summed E-state index contributed by atoms with van der Waals surface area (Å²) in [5.41, 5.74) is 3.76. The van der Waals surface area contributed by atoms with Gasteiger partial charge in [0, 0.05) is 54.9 Å². The molecule has 5 rings (SSSR count). The Bertz CT molecular complexity index is 1120. The molecule has 0 saturated carbocycles. The predicted octanol–water partition coefficient (Wildman–Crippen LogP) is 2.79. The first kappa shape index (κ1) is 16.7. The second kappa shape index (κ2) is 5.79. The molecule has 3 aromatic rings. The number of likely N-dealkylation sites (tertiary alicyclic amines) is 1. The van der Waals surface area contributed by atoms with E-state index in [9.17, 15) is 9.59 Å². The number of para-hydroxylation sites is 1. The first-order valence-corrected chi connectivity index (χ1v) is 9.16. The number of carbonyl (C=O) groups is 2. The largest absolute Gasteiger partial charge is 0.465 e. The number of amides is 3. The van der Waals surface area contributed by atoms with E-state index < -0.39 is 12.1 Å². The molecule has 4 heterocycles. The van der Waals surface area contributed by atoms with Crippen LogP contribution in [0.5, 0.6) is 0 Å². The highest BCUT2D eigenvalue weighted by atomic mass is 16.4. The maximum absolute atomic E-state index is 12.2. The van der Waals surface area contributed by atoms with Crippen molar-refractivity contribution < 1.29 is 14.7 Å². The van der Waals surface area contributed by atoms with Crippen molar-refractivity contribution in [1.29, 1.82) is 0 Å². The number of benzene rings is 1. The molecular formula is C20H19N5O3. The van der Waals surface area contributed by atoms with Crippen LogP contribution in [-0.4, -0.2) is 61.9 Å². The molecule has 1 spiro atoms. The molecule has 1 saturated heterocycles. The van der Waals surface area contributed by atoms with Crippen molar-refractivity contribution in [1.82, 2.24) is 24.6 Å². The molecule has 0 atom stereocenters. The Morgan fingerprint density at radius 3 is 2.79 bits per heavy atom. The van der Waals surface area contributed by atoms with Crippen molar-refractivity contribution in [3.63, 3.8) is 0 Å². The lowest BCUT2D eigenvalue weighted by Crippen LogP contribution is -2.63. The summed E-state index contributed by atoms with van der Waals surface area (Å²) in [7, 11) is 1.28. The minimum absolute atomic E-state index is 0.134. The molecule has 0 aliphatic carbocycles. The third kappa shape index (κ3) is 2.37. The van der Waals surface area contributed by atoms with Gasteiger partial charge in [-0.05, 0) is 24.6 Å². The van der Waals surface area contributed by atoms with Gasteiger partial charge in [-0.1, -0.05) is 18.2 Å². The lowest BCUT2D eigenvalue weighted by atomic mass is 9.76. The Hall–Kier alpha value is -3.42. The molecule has 28 heavy (non-hydrogen) atoms. The highest BCUT2D eigenvalue weighted by molar-refractivity contribution is 5.90. The lowest BCUT2D eigenvalue weighted by molar-refractivity contribution is 0.0713. The topological polar surface area (TPSA) is 91.6 Å². The average molecular weight is 377 g/mol. The Labute approximate surface area is 161 Å². The Morgan fingerprint density at radius 2 is 2.00 bits per heavy atom. The van der Waals surface area contributed by atoms with Gasteiger partial charge in [0.15, 0.2) is 0 Å². The number of nitrogens with zero attached hydrogens (tertiary/aromatic N) is 5. The highest BCUT2D eigenvalue weighted by Gasteiger charge is 2.52. The van der Waals surface area contributed by atoms with E-state index in [2.05, 4.69) is 17.1 Å². The number of carboxylic acid groups (broad SMARTS) is 1. The third-order valence-electron chi connectivity index (χ3n) is 5.84. The smallest absolute Gasteiger partial charge is 0.415 e. The Morgan fingerprint density at radius 1 is 1.21 bits per heavy atom. The molecule has 8 nitrogen and oxygen atoms in total. The second-order valence-corrected chi connectivity index (χ2v) is 7.57. The highest BCUT2D eigenvalue weighted by Crippen LogP contribution is 2.44. The normalized spacial score (nSPS) is 16.8. The van der Waals surface area contributed by atoms with Crippen molar-refractivity contribution in [3.8, 4) is 11.3 Å². The standard InChI is InChI=1S/C20H19N5O3/c1-23(19(27)28)18(26)24-11-20(12-24)6-7-25-17(20)9-16(22-25)14-8-13-4-2-3-5-15(13)21-10-14/h2-5,8-10H,6-7,11-12H2,1H3,(H,27,28). The summed E-state index contributed by atoms with van der Waals surface area (Å²) in [5, 5.41) is 14.8. The summed E-state index contributed by atoms with van der Waals surface area (Å²) in [4.78, 5) is 30.0.